The number of halogens is 1. The van der Waals surface area contributed by atoms with Crippen molar-refractivity contribution in [2.24, 2.45) is 0 Å². The Morgan fingerprint density at radius 3 is 2.71 bits per heavy atom. The van der Waals surface area contributed by atoms with Gasteiger partial charge in [-0.15, -0.1) is 0 Å². The van der Waals surface area contributed by atoms with Crippen molar-refractivity contribution in [1.29, 1.82) is 0 Å². The fourth-order valence-electron chi connectivity index (χ4n) is 4.55. The Morgan fingerprint density at radius 1 is 1.13 bits per heavy atom. The van der Waals surface area contributed by atoms with Crippen LogP contribution >= 0.6 is 23.8 Å². The summed E-state index contributed by atoms with van der Waals surface area (Å²) in [7, 11) is 3.02. The zero-order valence-corrected chi connectivity index (χ0v) is 22.2. The molecule has 1 aromatic carbocycles. The summed E-state index contributed by atoms with van der Waals surface area (Å²) < 4.78 is 12.5. The van der Waals surface area contributed by atoms with E-state index < -0.39 is 0 Å². The second-order valence-electron chi connectivity index (χ2n) is 8.50. The van der Waals surface area contributed by atoms with E-state index in [1.165, 1.54) is 7.11 Å². The molecule has 9 nitrogen and oxygen atoms in total. The first-order valence-corrected chi connectivity index (χ1v) is 12.6. The molecular weight excluding hydrogens is 524 g/mol. The van der Waals surface area contributed by atoms with E-state index in [2.05, 4.69) is 20.6 Å². The average molecular weight is 549 g/mol. The smallest absolute Gasteiger partial charge is 0.250 e. The van der Waals surface area contributed by atoms with Crippen LogP contribution in [0, 0.1) is 0 Å². The van der Waals surface area contributed by atoms with Crippen molar-refractivity contribution in [1.82, 2.24) is 19.9 Å². The number of carbonyl (C=O) groups excluding carboxylic acids is 1. The van der Waals surface area contributed by atoms with E-state index in [4.69, 9.17) is 33.3 Å². The van der Waals surface area contributed by atoms with E-state index >= 15 is 0 Å². The molecule has 0 spiro atoms. The molecule has 1 aliphatic rings. The molecule has 1 saturated heterocycles. The van der Waals surface area contributed by atoms with E-state index in [0.29, 0.717) is 27.4 Å². The van der Waals surface area contributed by atoms with Gasteiger partial charge in [-0.2, -0.15) is 0 Å². The lowest BCUT2D eigenvalue weighted by atomic mass is 10.0. The van der Waals surface area contributed by atoms with Gasteiger partial charge in [-0.05, 0) is 66.8 Å². The SMILES string of the molecule is COCC(=O)Nc1cc(N2C(=S)NC(c3ccccn3)C2c2cccn2-c2ccc(Cl)cn2)ccc1OC. The Balaban J connectivity index is 1.62. The summed E-state index contributed by atoms with van der Waals surface area (Å²) in [5, 5.41) is 7.38. The van der Waals surface area contributed by atoms with Crippen molar-refractivity contribution in [2.45, 2.75) is 12.1 Å². The Morgan fingerprint density at radius 2 is 2.00 bits per heavy atom. The summed E-state index contributed by atoms with van der Waals surface area (Å²) in [5.74, 6) is 0.938. The highest BCUT2D eigenvalue weighted by Crippen LogP contribution is 2.43. The number of pyridine rings is 2. The van der Waals surface area contributed by atoms with E-state index in [9.17, 15) is 4.79 Å². The molecule has 5 rings (SSSR count). The van der Waals surface area contributed by atoms with Gasteiger partial charge in [0.05, 0.1) is 29.6 Å². The fraction of sp³-hybridized carbons (Fsp3) is 0.185. The lowest BCUT2D eigenvalue weighted by Gasteiger charge is -2.29. The Kier molecular flexibility index (Phi) is 7.54. The molecule has 2 unspecified atom stereocenters. The number of ether oxygens (including phenoxy) is 2. The van der Waals surface area contributed by atoms with Gasteiger partial charge in [-0.3, -0.25) is 9.78 Å². The van der Waals surface area contributed by atoms with Crippen LogP contribution in [0.25, 0.3) is 5.82 Å². The first-order chi connectivity index (χ1) is 18.5. The van der Waals surface area contributed by atoms with Crippen LogP contribution in [0.15, 0.2) is 79.3 Å². The number of anilines is 2. The number of nitrogens with one attached hydrogen (secondary N) is 2. The molecule has 3 aromatic heterocycles. The topological polar surface area (TPSA) is 93.5 Å². The fourth-order valence-corrected chi connectivity index (χ4v) is 5.01. The summed E-state index contributed by atoms with van der Waals surface area (Å²) in [6.07, 6.45) is 5.33. The predicted molar refractivity (Wildman–Crippen MR) is 150 cm³/mol. The molecule has 1 aliphatic heterocycles. The molecule has 2 atom stereocenters. The first-order valence-electron chi connectivity index (χ1n) is 11.8. The monoisotopic (exact) mass is 548 g/mol. The molecule has 0 bridgehead atoms. The number of carbonyl (C=O) groups is 1. The Bertz CT molecular complexity index is 1450. The average Bonchev–Trinajstić information content (AvgIpc) is 3.54. The van der Waals surface area contributed by atoms with Crippen LogP contribution in [0.5, 0.6) is 5.75 Å². The van der Waals surface area contributed by atoms with Crippen molar-refractivity contribution in [3.05, 3.63) is 95.7 Å². The van der Waals surface area contributed by atoms with Gasteiger partial charge >= 0.3 is 0 Å². The number of amides is 1. The number of methoxy groups -OCH3 is 2. The Labute approximate surface area is 230 Å². The minimum Gasteiger partial charge on any atom is -0.495 e. The summed E-state index contributed by atoms with van der Waals surface area (Å²) in [6, 6.07) is 18.4. The molecule has 4 heterocycles. The molecule has 11 heteroatoms. The number of rotatable bonds is 8. The second kappa shape index (κ2) is 11.2. The van der Waals surface area contributed by atoms with Crippen LogP contribution in [0.4, 0.5) is 11.4 Å². The zero-order valence-electron chi connectivity index (χ0n) is 20.7. The quantitative estimate of drug-likeness (QED) is 0.306. The molecule has 0 aliphatic carbocycles. The van der Waals surface area contributed by atoms with Gasteiger partial charge in [0.15, 0.2) is 5.11 Å². The normalized spacial score (nSPS) is 16.8. The number of thiocarbonyl (C=S) groups is 1. The van der Waals surface area contributed by atoms with Gasteiger partial charge < -0.3 is 29.6 Å². The van der Waals surface area contributed by atoms with Crippen molar-refractivity contribution in [2.75, 3.05) is 31.0 Å². The molecule has 0 radical (unpaired) electrons. The van der Waals surface area contributed by atoms with E-state index in [0.717, 1.165) is 17.1 Å². The minimum absolute atomic E-state index is 0.0803. The third-order valence-corrected chi connectivity index (χ3v) is 6.69. The van der Waals surface area contributed by atoms with Gasteiger partial charge in [0.1, 0.15) is 24.2 Å². The molecule has 38 heavy (non-hydrogen) atoms. The summed E-state index contributed by atoms with van der Waals surface area (Å²) >= 11 is 12.0. The van der Waals surface area contributed by atoms with E-state index in [1.54, 1.807) is 31.6 Å². The van der Waals surface area contributed by atoms with Crippen LogP contribution in [0.1, 0.15) is 23.5 Å². The predicted octanol–water partition coefficient (Wildman–Crippen LogP) is 4.69. The van der Waals surface area contributed by atoms with Crippen LogP contribution < -0.4 is 20.3 Å². The maximum absolute atomic E-state index is 12.3. The molecule has 1 amide bonds. The molecule has 2 N–H and O–H groups in total. The van der Waals surface area contributed by atoms with Crippen LogP contribution in [0.3, 0.4) is 0 Å². The van der Waals surface area contributed by atoms with Gasteiger partial charge in [0.2, 0.25) is 5.91 Å². The van der Waals surface area contributed by atoms with Crippen LogP contribution in [-0.2, 0) is 9.53 Å². The standard InChI is InChI=1S/C27H25ClN6O3S/c1-36-16-24(35)31-20-14-18(9-10-22(20)37-2)34-26(25(32-27(34)38)19-6-3-4-12-29-19)21-7-5-13-33(21)23-11-8-17(28)15-30-23/h3-15,25-26H,16H2,1-2H3,(H,31,35)(H,32,38). The third kappa shape index (κ3) is 5.06. The van der Waals surface area contributed by atoms with Crippen molar-refractivity contribution >= 4 is 46.2 Å². The third-order valence-electron chi connectivity index (χ3n) is 6.15. The van der Waals surface area contributed by atoms with Gasteiger partial charge in [-0.25, -0.2) is 4.98 Å². The summed E-state index contributed by atoms with van der Waals surface area (Å²) in [4.78, 5) is 23.5. The van der Waals surface area contributed by atoms with Gasteiger partial charge in [-0.1, -0.05) is 17.7 Å². The molecular formula is C27H25ClN6O3S. The number of hydrogen-bond donors (Lipinski definition) is 2. The first kappa shape index (κ1) is 25.7. The number of aromatic nitrogens is 3. The number of benzene rings is 1. The zero-order chi connectivity index (χ0) is 26.6. The molecule has 0 saturated carbocycles. The number of hydrogen-bond acceptors (Lipinski definition) is 6. The van der Waals surface area contributed by atoms with Crippen LogP contribution in [0.2, 0.25) is 5.02 Å². The van der Waals surface area contributed by atoms with Crippen LogP contribution in [-0.4, -0.2) is 46.4 Å². The minimum atomic E-state index is -0.305. The number of nitrogens with zero attached hydrogens (tertiary/aromatic N) is 4. The molecule has 194 valence electrons. The highest BCUT2D eigenvalue weighted by atomic mass is 35.5. The van der Waals surface area contributed by atoms with Gasteiger partial charge in [0.25, 0.3) is 0 Å². The molecule has 1 fully saturated rings. The van der Waals surface area contributed by atoms with Crippen molar-refractivity contribution < 1.29 is 14.3 Å². The summed E-state index contributed by atoms with van der Waals surface area (Å²) in [5.41, 5.74) is 3.03. The highest BCUT2D eigenvalue weighted by molar-refractivity contribution is 7.80. The Hall–Kier alpha value is -3.99. The second-order valence-corrected chi connectivity index (χ2v) is 9.32. The van der Waals surface area contributed by atoms with Crippen molar-refractivity contribution in [3.8, 4) is 11.6 Å². The largest absolute Gasteiger partial charge is 0.495 e. The summed E-state index contributed by atoms with van der Waals surface area (Å²) in [6.45, 7) is -0.0803. The van der Waals surface area contributed by atoms with E-state index in [1.807, 2.05) is 64.2 Å². The lowest BCUT2D eigenvalue weighted by molar-refractivity contribution is -0.119. The van der Waals surface area contributed by atoms with Gasteiger partial charge in [0, 0.05) is 37.1 Å². The maximum atomic E-state index is 12.3. The maximum Gasteiger partial charge on any atom is 0.250 e. The molecule has 4 aromatic rings. The van der Waals surface area contributed by atoms with E-state index in [-0.39, 0.29) is 24.6 Å². The van der Waals surface area contributed by atoms with Crippen molar-refractivity contribution in [3.63, 3.8) is 0 Å². The highest BCUT2D eigenvalue weighted by Gasteiger charge is 2.42. The lowest BCUT2D eigenvalue weighted by Crippen LogP contribution is -2.30.